The van der Waals surface area contributed by atoms with Crippen molar-refractivity contribution in [2.45, 2.75) is 25.7 Å². The summed E-state index contributed by atoms with van der Waals surface area (Å²) in [5.41, 5.74) is 0.848. The van der Waals surface area contributed by atoms with Gasteiger partial charge in [-0.1, -0.05) is 12.1 Å². The first-order chi connectivity index (χ1) is 9.57. The summed E-state index contributed by atoms with van der Waals surface area (Å²) in [6, 6.07) is 5.99. The van der Waals surface area contributed by atoms with Crippen LogP contribution in [0.2, 0.25) is 0 Å². The molecule has 0 radical (unpaired) electrons. The van der Waals surface area contributed by atoms with E-state index in [9.17, 15) is 16.8 Å². The van der Waals surface area contributed by atoms with Crippen molar-refractivity contribution in [2.75, 3.05) is 17.1 Å². The molecule has 120 valence electrons. The zero-order chi connectivity index (χ0) is 16.1. The Morgan fingerprint density at radius 2 is 1.71 bits per heavy atom. The summed E-state index contributed by atoms with van der Waals surface area (Å²) < 4.78 is 53.0. The number of nitrogens with one attached hydrogen (secondary N) is 1. The minimum atomic E-state index is -3.60. The smallest absolute Gasteiger partial charge is 0.234 e. The average Bonchev–Trinajstić information content (AvgIpc) is 2.28. The molecule has 7 nitrogen and oxygen atoms in total. The average molecular weight is 336 g/mol. The van der Waals surface area contributed by atoms with Crippen LogP contribution in [0.25, 0.3) is 0 Å². The summed E-state index contributed by atoms with van der Waals surface area (Å²) >= 11 is 0. The molecule has 0 aromatic heterocycles. The van der Waals surface area contributed by atoms with Gasteiger partial charge in [-0.3, -0.25) is 4.72 Å². The van der Waals surface area contributed by atoms with Crippen LogP contribution in [-0.2, 0) is 30.5 Å². The predicted molar refractivity (Wildman–Crippen MR) is 81.8 cm³/mol. The monoisotopic (exact) mass is 336 g/mol. The minimum absolute atomic E-state index is 0.0299. The van der Waals surface area contributed by atoms with Crippen LogP contribution in [0.15, 0.2) is 24.3 Å². The normalized spacial score (nSPS) is 12.6. The van der Waals surface area contributed by atoms with Crippen LogP contribution in [-0.4, -0.2) is 35.3 Å². The molecule has 0 aliphatic heterocycles. The van der Waals surface area contributed by atoms with E-state index < -0.39 is 20.0 Å². The van der Waals surface area contributed by atoms with Crippen LogP contribution in [0, 0.1) is 0 Å². The molecule has 0 aliphatic rings. The molecule has 0 aliphatic carbocycles. The van der Waals surface area contributed by atoms with E-state index in [0.717, 1.165) is 0 Å². The van der Waals surface area contributed by atoms with Gasteiger partial charge < -0.3 is 4.74 Å². The van der Waals surface area contributed by atoms with Gasteiger partial charge in [0.25, 0.3) is 0 Å². The highest BCUT2D eigenvalue weighted by atomic mass is 32.2. The third-order valence-electron chi connectivity index (χ3n) is 2.40. The zero-order valence-corrected chi connectivity index (χ0v) is 13.6. The lowest BCUT2D eigenvalue weighted by Crippen LogP contribution is -2.21. The fourth-order valence-corrected chi connectivity index (χ4v) is 3.10. The lowest BCUT2D eigenvalue weighted by Gasteiger charge is -2.10. The Bertz CT molecular complexity index is 651. The molecule has 0 fully saturated rings. The van der Waals surface area contributed by atoms with Crippen molar-refractivity contribution in [3.63, 3.8) is 0 Å². The summed E-state index contributed by atoms with van der Waals surface area (Å²) in [6.07, 6.45) is -0.0299. The second kappa shape index (κ2) is 7.21. The second-order valence-electron chi connectivity index (χ2n) is 4.84. The van der Waals surface area contributed by atoms with Gasteiger partial charge in [0, 0.05) is 5.69 Å². The van der Waals surface area contributed by atoms with Crippen molar-refractivity contribution in [1.82, 2.24) is 0 Å². The Balaban J connectivity index is 2.62. The first-order valence-electron chi connectivity index (χ1n) is 6.29. The highest BCUT2D eigenvalue weighted by Gasteiger charge is 2.11. The van der Waals surface area contributed by atoms with Crippen molar-refractivity contribution in [3.05, 3.63) is 29.8 Å². The van der Waals surface area contributed by atoms with E-state index in [-0.39, 0.29) is 24.2 Å². The van der Waals surface area contributed by atoms with E-state index >= 15 is 0 Å². The highest BCUT2D eigenvalue weighted by Crippen LogP contribution is 2.13. The van der Waals surface area contributed by atoms with E-state index in [1.165, 1.54) is 24.3 Å². The fraction of sp³-hybridized carbons (Fsp3) is 0.500. The zero-order valence-electron chi connectivity index (χ0n) is 11.9. The van der Waals surface area contributed by atoms with Crippen LogP contribution in [0.3, 0.4) is 0 Å². The Kier molecular flexibility index (Phi) is 6.14. The third kappa shape index (κ3) is 8.00. The maximum atomic E-state index is 11.8. The molecule has 0 saturated carbocycles. The van der Waals surface area contributed by atoms with Gasteiger partial charge in [0.2, 0.25) is 20.0 Å². The Labute approximate surface area is 125 Å². The molecule has 0 spiro atoms. The second-order valence-corrected chi connectivity index (χ2v) is 8.30. The molecule has 0 amide bonds. The molecule has 1 rings (SSSR count). The van der Waals surface area contributed by atoms with E-state index in [2.05, 4.69) is 4.72 Å². The number of hydrogen-bond acceptors (Lipinski definition) is 5. The van der Waals surface area contributed by atoms with Crippen LogP contribution in [0.4, 0.5) is 5.69 Å². The predicted octanol–water partition coefficient (Wildman–Crippen LogP) is 0.642. The lowest BCUT2D eigenvalue weighted by molar-refractivity contribution is 0.0913. The molecule has 0 saturated heterocycles. The molecule has 0 unspecified atom stereocenters. The van der Waals surface area contributed by atoms with Crippen molar-refractivity contribution in [2.24, 2.45) is 5.14 Å². The maximum Gasteiger partial charge on any atom is 0.234 e. The van der Waals surface area contributed by atoms with Crippen molar-refractivity contribution in [1.29, 1.82) is 0 Å². The SMILES string of the molecule is CC(C)OCCS(=O)(=O)Nc1ccc(CS(N)(=O)=O)cc1. The molecular weight excluding hydrogens is 316 g/mol. The molecule has 0 heterocycles. The first kappa shape index (κ1) is 17.9. The molecule has 9 heteroatoms. The number of rotatable bonds is 8. The van der Waals surface area contributed by atoms with Crippen molar-refractivity contribution < 1.29 is 21.6 Å². The number of primary sulfonamides is 1. The van der Waals surface area contributed by atoms with Crippen LogP contribution < -0.4 is 9.86 Å². The number of benzene rings is 1. The molecule has 1 aromatic carbocycles. The summed E-state index contributed by atoms with van der Waals surface area (Å²) in [5, 5.41) is 4.93. The van der Waals surface area contributed by atoms with E-state index in [4.69, 9.17) is 9.88 Å². The van der Waals surface area contributed by atoms with Gasteiger partial charge in [-0.15, -0.1) is 0 Å². The Hall–Kier alpha value is -1.16. The number of ether oxygens (including phenoxy) is 1. The maximum absolute atomic E-state index is 11.8. The minimum Gasteiger partial charge on any atom is -0.378 e. The topological polar surface area (TPSA) is 116 Å². The fourth-order valence-electron chi connectivity index (χ4n) is 1.53. The van der Waals surface area contributed by atoms with Crippen LogP contribution in [0.5, 0.6) is 0 Å². The van der Waals surface area contributed by atoms with E-state index in [0.29, 0.717) is 11.3 Å². The number of nitrogens with two attached hydrogens (primary N) is 1. The Morgan fingerprint density at radius 3 is 2.19 bits per heavy atom. The molecule has 0 atom stereocenters. The van der Waals surface area contributed by atoms with Gasteiger partial charge in [0.15, 0.2) is 0 Å². The van der Waals surface area contributed by atoms with Gasteiger partial charge >= 0.3 is 0 Å². The quantitative estimate of drug-likeness (QED) is 0.723. The number of anilines is 1. The van der Waals surface area contributed by atoms with Gasteiger partial charge in [0.1, 0.15) is 0 Å². The molecule has 0 bridgehead atoms. The molecule has 3 N–H and O–H groups in total. The largest absolute Gasteiger partial charge is 0.378 e. The summed E-state index contributed by atoms with van der Waals surface area (Å²) in [6.45, 7) is 3.75. The van der Waals surface area contributed by atoms with Crippen molar-refractivity contribution in [3.8, 4) is 0 Å². The van der Waals surface area contributed by atoms with Gasteiger partial charge in [-0.25, -0.2) is 22.0 Å². The molecular formula is C12H20N2O5S2. The van der Waals surface area contributed by atoms with E-state index in [1.807, 2.05) is 13.8 Å². The van der Waals surface area contributed by atoms with Gasteiger partial charge in [-0.05, 0) is 31.5 Å². The molecule has 21 heavy (non-hydrogen) atoms. The third-order valence-corrected chi connectivity index (χ3v) is 4.38. The Morgan fingerprint density at radius 1 is 1.14 bits per heavy atom. The van der Waals surface area contributed by atoms with Gasteiger partial charge in [-0.2, -0.15) is 0 Å². The number of hydrogen-bond donors (Lipinski definition) is 2. The van der Waals surface area contributed by atoms with Crippen molar-refractivity contribution >= 4 is 25.7 Å². The first-order valence-corrected chi connectivity index (χ1v) is 9.66. The van der Waals surface area contributed by atoms with Crippen LogP contribution >= 0.6 is 0 Å². The summed E-state index contributed by atoms with van der Waals surface area (Å²) in [4.78, 5) is 0. The van der Waals surface area contributed by atoms with Crippen LogP contribution in [0.1, 0.15) is 19.4 Å². The summed E-state index contributed by atoms with van der Waals surface area (Å²) in [5.74, 6) is -0.438. The highest BCUT2D eigenvalue weighted by molar-refractivity contribution is 7.92. The number of sulfonamides is 2. The molecule has 1 aromatic rings. The summed E-state index contributed by atoms with van der Waals surface area (Å²) in [7, 11) is -7.10. The lowest BCUT2D eigenvalue weighted by atomic mass is 10.2. The van der Waals surface area contributed by atoms with E-state index in [1.54, 1.807) is 0 Å². The van der Waals surface area contributed by atoms with Gasteiger partial charge in [0.05, 0.1) is 24.2 Å². The standard InChI is InChI=1S/C12H20N2O5S2/c1-10(2)19-7-8-21(17,18)14-12-5-3-11(4-6-12)9-20(13,15)16/h3-6,10,14H,7-9H2,1-2H3,(H2,13,15,16).